The van der Waals surface area contributed by atoms with Gasteiger partial charge in [0.1, 0.15) is 0 Å². The number of hydrogen-bond donors (Lipinski definition) is 2. The van der Waals surface area contributed by atoms with Gasteiger partial charge in [0, 0.05) is 11.1 Å². The van der Waals surface area contributed by atoms with E-state index in [1.807, 2.05) is 18.2 Å². The van der Waals surface area contributed by atoms with Gasteiger partial charge in [0.2, 0.25) is 0 Å². The van der Waals surface area contributed by atoms with E-state index in [1.165, 1.54) is 0 Å². The molecule has 1 aromatic carbocycles. The SMILES string of the molecule is OCc1ccc(Cl)cc1[C@@H]1CCN1. The molecule has 3 heteroatoms. The van der Waals surface area contributed by atoms with Crippen molar-refractivity contribution in [1.82, 2.24) is 5.32 Å². The molecule has 0 unspecified atom stereocenters. The summed E-state index contributed by atoms with van der Waals surface area (Å²) in [5, 5.41) is 13.1. The Bertz CT molecular complexity index is 310. The summed E-state index contributed by atoms with van der Waals surface area (Å²) in [6.07, 6.45) is 1.13. The van der Waals surface area contributed by atoms with Crippen LogP contribution in [0.5, 0.6) is 0 Å². The van der Waals surface area contributed by atoms with Gasteiger partial charge in [-0.3, -0.25) is 0 Å². The van der Waals surface area contributed by atoms with Crippen LogP contribution in [-0.4, -0.2) is 11.7 Å². The summed E-state index contributed by atoms with van der Waals surface area (Å²) in [4.78, 5) is 0. The molecule has 1 aromatic rings. The van der Waals surface area contributed by atoms with Gasteiger partial charge in [-0.2, -0.15) is 0 Å². The summed E-state index contributed by atoms with van der Waals surface area (Å²) in [6, 6.07) is 6.03. The van der Waals surface area contributed by atoms with Crippen molar-refractivity contribution in [3.8, 4) is 0 Å². The predicted octanol–water partition coefficient (Wildman–Crippen LogP) is 1.87. The minimum Gasteiger partial charge on any atom is -0.392 e. The smallest absolute Gasteiger partial charge is 0.0685 e. The zero-order valence-corrected chi connectivity index (χ0v) is 8.01. The summed E-state index contributed by atoms with van der Waals surface area (Å²) in [5.74, 6) is 0. The van der Waals surface area contributed by atoms with Crippen LogP contribution in [0.3, 0.4) is 0 Å². The van der Waals surface area contributed by atoms with Crippen molar-refractivity contribution < 1.29 is 5.11 Å². The molecule has 1 atom stereocenters. The van der Waals surface area contributed by atoms with E-state index in [9.17, 15) is 0 Å². The fourth-order valence-corrected chi connectivity index (χ4v) is 1.77. The highest BCUT2D eigenvalue weighted by molar-refractivity contribution is 6.30. The second kappa shape index (κ2) is 3.66. The van der Waals surface area contributed by atoms with E-state index >= 15 is 0 Å². The molecular formula is C10H12ClNO. The molecule has 0 bridgehead atoms. The van der Waals surface area contributed by atoms with E-state index in [2.05, 4.69) is 5.32 Å². The van der Waals surface area contributed by atoms with Crippen molar-refractivity contribution in [2.24, 2.45) is 0 Å². The number of aliphatic hydroxyl groups excluding tert-OH is 1. The van der Waals surface area contributed by atoms with Gasteiger partial charge in [0.25, 0.3) is 0 Å². The monoisotopic (exact) mass is 197 g/mol. The molecule has 0 aliphatic carbocycles. The van der Waals surface area contributed by atoms with Crippen LogP contribution in [0.25, 0.3) is 0 Å². The molecule has 2 rings (SSSR count). The summed E-state index contributed by atoms with van der Waals surface area (Å²) in [5.41, 5.74) is 2.11. The number of nitrogens with one attached hydrogen (secondary N) is 1. The Kier molecular flexibility index (Phi) is 2.54. The predicted molar refractivity (Wildman–Crippen MR) is 52.7 cm³/mol. The summed E-state index contributed by atoms with van der Waals surface area (Å²) >= 11 is 5.89. The van der Waals surface area contributed by atoms with Gasteiger partial charge in [-0.25, -0.2) is 0 Å². The zero-order chi connectivity index (χ0) is 9.26. The highest BCUT2D eigenvalue weighted by atomic mass is 35.5. The van der Waals surface area contributed by atoms with Crippen molar-refractivity contribution in [3.05, 3.63) is 34.3 Å². The first kappa shape index (κ1) is 9.00. The van der Waals surface area contributed by atoms with E-state index in [1.54, 1.807) is 0 Å². The Morgan fingerprint density at radius 2 is 2.31 bits per heavy atom. The van der Waals surface area contributed by atoms with Crippen LogP contribution in [0, 0.1) is 0 Å². The van der Waals surface area contributed by atoms with Crippen LogP contribution in [0.4, 0.5) is 0 Å². The zero-order valence-electron chi connectivity index (χ0n) is 7.26. The lowest BCUT2D eigenvalue weighted by atomic mass is 9.94. The number of halogens is 1. The van der Waals surface area contributed by atoms with Crippen LogP contribution >= 0.6 is 11.6 Å². The molecule has 0 spiro atoms. The van der Waals surface area contributed by atoms with Gasteiger partial charge < -0.3 is 10.4 Å². The van der Waals surface area contributed by atoms with Gasteiger partial charge in [-0.05, 0) is 36.2 Å². The van der Waals surface area contributed by atoms with Crippen LogP contribution in [0.15, 0.2) is 18.2 Å². The van der Waals surface area contributed by atoms with E-state index in [0.717, 1.165) is 29.1 Å². The minimum absolute atomic E-state index is 0.0880. The van der Waals surface area contributed by atoms with Crippen molar-refractivity contribution >= 4 is 11.6 Å². The number of aliphatic hydroxyl groups is 1. The summed E-state index contributed by atoms with van der Waals surface area (Å²) in [7, 11) is 0. The van der Waals surface area contributed by atoms with Gasteiger partial charge in [-0.1, -0.05) is 17.7 Å². The van der Waals surface area contributed by atoms with Crippen LogP contribution in [0.1, 0.15) is 23.6 Å². The molecule has 1 aliphatic heterocycles. The lowest BCUT2D eigenvalue weighted by molar-refractivity contribution is 0.276. The standard InChI is InChI=1S/C10H12ClNO/c11-8-2-1-7(6-13)9(5-8)10-3-4-12-10/h1-2,5,10,12-13H,3-4,6H2/t10-/m0/s1. The van der Waals surface area contributed by atoms with Crippen LogP contribution in [0.2, 0.25) is 5.02 Å². The first-order valence-corrected chi connectivity index (χ1v) is 4.81. The molecule has 13 heavy (non-hydrogen) atoms. The second-order valence-corrected chi connectivity index (χ2v) is 3.73. The van der Waals surface area contributed by atoms with Crippen LogP contribution in [-0.2, 0) is 6.61 Å². The third-order valence-electron chi connectivity index (χ3n) is 2.48. The first-order chi connectivity index (χ1) is 6.31. The largest absolute Gasteiger partial charge is 0.392 e. The Morgan fingerprint density at radius 3 is 2.85 bits per heavy atom. The van der Waals surface area contributed by atoms with Gasteiger partial charge >= 0.3 is 0 Å². The van der Waals surface area contributed by atoms with Crippen molar-refractivity contribution in [2.75, 3.05) is 6.54 Å². The molecule has 0 aromatic heterocycles. The summed E-state index contributed by atoms with van der Waals surface area (Å²) in [6.45, 7) is 1.15. The number of rotatable bonds is 2. The van der Waals surface area contributed by atoms with Crippen LogP contribution < -0.4 is 5.32 Å². The van der Waals surface area contributed by atoms with Gasteiger partial charge in [-0.15, -0.1) is 0 Å². The average molecular weight is 198 g/mol. The Balaban J connectivity index is 2.33. The van der Waals surface area contributed by atoms with E-state index in [-0.39, 0.29) is 6.61 Å². The quantitative estimate of drug-likeness (QED) is 0.759. The fraction of sp³-hybridized carbons (Fsp3) is 0.400. The number of hydrogen-bond acceptors (Lipinski definition) is 2. The highest BCUT2D eigenvalue weighted by Crippen LogP contribution is 2.28. The first-order valence-electron chi connectivity index (χ1n) is 4.44. The molecule has 1 saturated heterocycles. The molecule has 0 radical (unpaired) electrons. The third kappa shape index (κ3) is 1.70. The molecule has 0 amide bonds. The normalized spacial score (nSPS) is 21.2. The van der Waals surface area contributed by atoms with E-state index in [0.29, 0.717) is 6.04 Å². The Labute approximate surface area is 82.5 Å². The van der Waals surface area contributed by atoms with Crippen molar-refractivity contribution in [1.29, 1.82) is 0 Å². The highest BCUT2D eigenvalue weighted by Gasteiger charge is 2.20. The molecule has 2 nitrogen and oxygen atoms in total. The topological polar surface area (TPSA) is 32.3 Å². The van der Waals surface area contributed by atoms with Crippen molar-refractivity contribution in [3.63, 3.8) is 0 Å². The third-order valence-corrected chi connectivity index (χ3v) is 2.71. The maximum absolute atomic E-state index is 9.11. The second-order valence-electron chi connectivity index (χ2n) is 3.30. The van der Waals surface area contributed by atoms with Gasteiger partial charge in [0.15, 0.2) is 0 Å². The maximum Gasteiger partial charge on any atom is 0.0685 e. The maximum atomic E-state index is 9.11. The molecular weight excluding hydrogens is 186 g/mol. The molecule has 70 valence electrons. The molecule has 1 aliphatic rings. The average Bonchev–Trinajstić information content (AvgIpc) is 2.02. The lowest BCUT2D eigenvalue weighted by Crippen LogP contribution is -2.35. The van der Waals surface area contributed by atoms with E-state index in [4.69, 9.17) is 16.7 Å². The van der Waals surface area contributed by atoms with Gasteiger partial charge in [0.05, 0.1) is 6.61 Å². The molecule has 0 saturated carbocycles. The molecule has 2 N–H and O–H groups in total. The molecule has 1 fully saturated rings. The lowest BCUT2D eigenvalue weighted by Gasteiger charge is -2.29. The Morgan fingerprint density at radius 1 is 1.54 bits per heavy atom. The molecule has 1 heterocycles. The number of benzene rings is 1. The fourth-order valence-electron chi connectivity index (χ4n) is 1.59. The van der Waals surface area contributed by atoms with E-state index < -0.39 is 0 Å². The Hall–Kier alpha value is -0.570. The summed E-state index contributed by atoms with van der Waals surface area (Å²) < 4.78 is 0. The minimum atomic E-state index is 0.0880. The van der Waals surface area contributed by atoms with Crippen molar-refractivity contribution in [2.45, 2.75) is 19.1 Å².